The molecule has 1 fully saturated rings. The first kappa shape index (κ1) is 15.6. The van der Waals surface area contributed by atoms with Crippen LogP contribution >= 0.6 is 36.2 Å². The van der Waals surface area contributed by atoms with E-state index in [0.717, 1.165) is 4.91 Å². The number of hydrogen-bond acceptors (Lipinski definition) is 6. The minimum absolute atomic E-state index is 0.0164. The minimum Gasteiger partial charge on any atom is -0.489 e. The predicted octanol–water partition coefficient (Wildman–Crippen LogP) is 3.45. The van der Waals surface area contributed by atoms with Gasteiger partial charge < -0.3 is 10.1 Å². The summed E-state index contributed by atoms with van der Waals surface area (Å²) in [7, 11) is 0. The third-order valence-corrected chi connectivity index (χ3v) is 4.12. The molecule has 0 unspecified atom stereocenters. The molecule has 0 atom stereocenters. The second-order valence-electron chi connectivity index (χ2n) is 3.93. The van der Waals surface area contributed by atoms with E-state index in [1.807, 2.05) is 0 Å². The molecule has 0 spiro atoms. The number of thiocarbonyl (C=S) groups is 2. The molecule has 1 heterocycles. The Morgan fingerprint density at radius 3 is 2.81 bits per heavy atom. The lowest BCUT2D eigenvalue weighted by Gasteiger charge is -2.07. The molecule has 5 nitrogen and oxygen atoms in total. The number of benzene rings is 1. The standard InChI is InChI=1S/C13H10N2O3S3/c1-2-5-18-10-4-3-9(15(16)17)6-8(10)7-11-12(19)14-13(20)21-11/h2-4,6-7H,1,5H2,(H,14,19,20). The van der Waals surface area contributed by atoms with Gasteiger partial charge in [-0.05, 0) is 12.1 Å². The number of nitro groups is 1. The van der Waals surface area contributed by atoms with Crippen LogP contribution in [-0.2, 0) is 0 Å². The number of hydrogen-bond donors (Lipinski definition) is 1. The fourth-order valence-corrected chi connectivity index (χ4v) is 3.07. The molecule has 1 aromatic carbocycles. The van der Waals surface area contributed by atoms with Crippen LogP contribution in [0.1, 0.15) is 5.56 Å². The third kappa shape index (κ3) is 3.87. The van der Waals surface area contributed by atoms with Gasteiger partial charge in [-0.15, -0.1) is 0 Å². The van der Waals surface area contributed by atoms with Crippen molar-refractivity contribution in [1.29, 1.82) is 0 Å². The molecule has 2 rings (SSSR count). The quantitative estimate of drug-likeness (QED) is 0.290. The predicted molar refractivity (Wildman–Crippen MR) is 92.7 cm³/mol. The first-order valence-corrected chi connectivity index (χ1v) is 7.41. The van der Waals surface area contributed by atoms with Crippen molar-refractivity contribution >= 4 is 57.3 Å². The highest BCUT2D eigenvalue weighted by Gasteiger charge is 2.20. The van der Waals surface area contributed by atoms with Gasteiger partial charge in [-0.1, -0.05) is 48.9 Å². The van der Waals surface area contributed by atoms with Gasteiger partial charge in [0.15, 0.2) is 0 Å². The summed E-state index contributed by atoms with van der Waals surface area (Å²) >= 11 is 11.5. The van der Waals surface area contributed by atoms with Gasteiger partial charge >= 0.3 is 0 Å². The van der Waals surface area contributed by atoms with Gasteiger partial charge in [0.1, 0.15) is 21.7 Å². The summed E-state index contributed by atoms with van der Waals surface area (Å²) in [5.41, 5.74) is 0.555. The topological polar surface area (TPSA) is 64.4 Å². The Bertz CT molecular complexity index is 671. The van der Waals surface area contributed by atoms with Gasteiger partial charge in [-0.25, -0.2) is 0 Å². The van der Waals surface area contributed by atoms with E-state index in [1.165, 1.54) is 23.9 Å². The highest BCUT2D eigenvalue weighted by Crippen LogP contribution is 2.32. The van der Waals surface area contributed by atoms with Crippen molar-refractivity contribution in [3.05, 3.63) is 51.4 Å². The number of nitro benzene ring substituents is 1. The van der Waals surface area contributed by atoms with E-state index in [4.69, 9.17) is 29.2 Å². The zero-order valence-corrected chi connectivity index (χ0v) is 13.1. The lowest BCUT2D eigenvalue weighted by atomic mass is 10.1. The lowest BCUT2D eigenvalue weighted by Crippen LogP contribution is -2.15. The average Bonchev–Trinajstić information content (AvgIpc) is 2.75. The van der Waals surface area contributed by atoms with Gasteiger partial charge in [-0.2, -0.15) is 0 Å². The van der Waals surface area contributed by atoms with Crippen LogP contribution in [0.25, 0.3) is 6.08 Å². The normalized spacial score (nSPS) is 15.9. The molecule has 0 saturated carbocycles. The maximum atomic E-state index is 10.9. The Morgan fingerprint density at radius 1 is 1.48 bits per heavy atom. The molecule has 1 saturated heterocycles. The molecule has 1 aliphatic heterocycles. The van der Waals surface area contributed by atoms with E-state index in [0.29, 0.717) is 27.2 Å². The van der Waals surface area contributed by atoms with Crippen LogP contribution in [0.5, 0.6) is 5.75 Å². The lowest BCUT2D eigenvalue weighted by molar-refractivity contribution is -0.384. The summed E-state index contributed by atoms with van der Waals surface area (Å²) in [4.78, 5) is 11.7. The minimum atomic E-state index is -0.456. The molecule has 0 radical (unpaired) electrons. The van der Waals surface area contributed by atoms with Crippen molar-refractivity contribution in [1.82, 2.24) is 5.32 Å². The van der Waals surface area contributed by atoms with Gasteiger partial charge in [0, 0.05) is 17.7 Å². The number of thioether (sulfide) groups is 1. The molecule has 108 valence electrons. The van der Waals surface area contributed by atoms with E-state index in [-0.39, 0.29) is 5.69 Å². The van der Waals surface area contributed by atoms with Crippen molar-refractivity contribution in [3.63, 3.8) is 0 Å². The van der Waals surface area contributed by atoms with E-state index in [9.17, 15) is 10.1 Å². The van der Waals surface area contributed by atoms with Crippen LogP contribution in [-0.4, -0.2) is 20.8 Å². The zero-order valence-electron chi connectivity index (χ0n) is 10.7. The molecule has 8 heteroatoms. The largest absolute Gasteiger partial charge is 0.489 e. The van der Waals surface area contributed by atoms with Gasteiger partial charge in [0.25, 0.3) is 5.69 Å². The summed E-state index contributed by atoms with van der Waals surface area (Å²) in [5, 5.41) is 13.7. The molecule has 1 aliphatic rings. The molecule has 0 bridgehead atoms. The summed E-state index contributed by atoms with van der Waals surface area (Å²) < 4.78 is 6.06. The first-order chi connectivity index (χ1) is 10.0. The SMILES string of the molecule is C=CCOc1ccc([N+](=O)[O-])cc1C=C1SC(=S)NC1=S. The van der Waals surface area contributed by atoms with E-state index in [2.05, 4.69) is 11.9 Å². The van der Waals surface area contributed by atoms with Crippen LogP contribution in [0.15, 0.2) is 35.8 Å². The molecular weight excluding hydrogens is 328 g/mol. The number of non-ortho nitro benzene ring substituents is 1. The Hall–Kier alpha value is -1.77. The van der Waals surface area contributed by atoms with Crippen molar-refractivity contribution in [3.8, 4) is 5.75 Å². The zero-order chi connectivity index (χ0) is 15.4. The van der Waals surface area contributed by atoms with E-state index in [1.54, 1.807) is 18.2 Å². The second-order valence-corrected chi connectivity index (χ2v) is 6.06. The molecular formula is C13H10N2O3S3. The van der Waals surface area contributed by atoms with Crippen LogP contribution in [0.2, 0.25) is 0 Å². The Kier molecular flexibility index (Phi) is 5.05. The van der Waals surface area contributed by atoms with Crippen molar-refractivity contribution in [2.45, 2.75) is 0 Å². The molecule has 1 N–H and O–H groups in total. The second kappa shape index (κ2) is 6.79. The molecule has 0 aliphatic carbocycles. The highest BCUT2D eigenvalue weighted by atomic mass is 32.2. The monoisotopic (exact) mass is 338 g/mol. The van der Waals surface area contributed by atoms with E-state index < -0.39 is 4.92 Å². The van der Waals surface area contributed by atoms with Crippen molar-refractivity contribution in [2.75, 3.05) is 6.61 Å². The summed E-state index contributed by atoms with van der Waals surface area (Å²) in [6.45, 7) is 3.88. The Labute approximate surface area is 136 Å². The maximum absolute atomic E-state index is 10.9. The summed E-state index contributed by atoms with van der Waals surface area (Å²) in [6.07, 6.45) is 3.33. The molecule has 1 aromatic rings. The number of ether oxygens (including phenoxy) is 1. The number of nitrogens with zero attached hydrogens (tertiary/aromatic N) is 1. The smallest absolute Gasteiger partial charge is 0.270 e. The van der Waals surface area contributed by atoms with Crippen LogP contribution < -0.4 is 10.1 Å². The fourth-order valence-electron chi connectivity index (χ4n) is 1.60. The average molecular weight is 338 g/mol. The summed E-state index contributed by atoms with van der Waals surface area (Å²) in [6, 6.07) is 4.39. The van der Waals surface area contributed by atoms with Crippen molar-refractivity contribution < 1.29 is 9.66 Å². The maximum Gasteiger partial charge on any atom is 0.270 e. The van der Waals surface area contributed by atoms with Crippen LogP contribution in [0.3, 0.4) is 0 Å². The van der Waals surface area contributed by atoms with E-state index >= 15 is 0 Å². The molecule has 21 heavy (non-hydrogen) atoms. The van der Waals surface area contributed by atoms with Gasteiger partial charge in [0.05, 0.1) is 9.83 Å². The molecule has 0 amide bonds. The number of nitrogens with one attached hydrogen (secondary N) is 1. The molecule has 0 aromatic heterocycles. The Balaban J connectivity index is 2.42. The van der Waals surface area contributed by atoms with Crippen molar-refractivity contribution in [2.24, 2.45) is 0 Å². The fraction of sp³-hybridized carbons (Fsp3) is 0.0769. The van der Waals surface area contributed by atoms with Crippen LogP contribution in [0, 0.1) is 10.1 Å². The Morgan fingerprint density at radius 2 is 2.24 bits per heavy atom. The third-order valence-electron chi connectivity index (χ3n) is 2.49. The first-order valence-electron chi connectivity index (χ1n) is 5.78. The highest BCUT2D eigenvalue weighted by molar-refractivity contribution is 8.27. The summed E-state index contributed by atoms with van der Waals surface area (Å²) in [5.74, 6) is 0.522. The number of rotatable bonds is 5. The van der Waals surface area contributed by atoms with Crippen LogP contribution in [0.4, 0.5) is 5.69 Å². The van der Waals surface area contributed by atoms with Gasteiger partial charge in [0.2, 0.25) is 0 Å². The van der Waals surface area contributed by atoms with Gasteiger partial charge in [-0.3, -0.25) is 10.1 Å².